The number of nitrogens with one attached hydrogen (secondary N) is 1. The van der Waals surface area contributed by atoms with Crippen LogP contribution in [0.1, 0.15) is 47.2 Å². The van der Waals surface area contributed by atoms with E-state index in [9.17, 15) is 14.4 Å². The predicted octanol–water partition coefficient (Wildman–Crippen LogP) is 4.08. The number of carbonyl (C=O) groups is 3. The Balaban J connectivity index is 1.33. The smallest absolute Gasteiger partial charge is 0.262 e. The second-order valence-electron chi connectivity index (χ2n) is 8.81. The van der Waals surface area contributed by atoms with Crippen molar-refractivity contribution < 1.29 is 14.4 Å². The van der Waals surface area contributed by atoms with Gasteiger partial charge in [0.05, 0.1) is 0 Å². The summed E-state index contributed by atoms with van der Waals surface area (Å²) in [5.74, 6) is -0.637. The van der Waals surface area contributed by atoms with Crippen LogP contribution in [-0.2, 0) is 16.1 Å². The van der Waals surface area contributed by atoms with Gasteiger partial charge in [0.2, 0.25) is 5.91 Å². The van der Waals surface area contributed by atoms with E-state index in [0.29, 0.717) is 17.8 Å². The van der Waals surface area contributed by atoms with Crippen molar-refractivity contribution >= 4 is 40.3 Å². The summed E-state index contributed by atoms with van der Waals surface area (Å²) in [6.07, 6.45) is 3.47. The number of likely N-dealkylation sites (tertiary alicyclic amines) is 1. The van der Waals surface area contributed by atoms with Gasteiger partial charge in [-0.2, -0.15) is 4.99 Å². The van der Waals surface area contributed by atoms with Crippen LogP contribution >= 0.6 is 11.8 Å². The highest BCUT2D eigenvalue weighted by atomic mass is 32.2. The number of anilines is 1. The first-order valence-corrected chi connectivity index (χ1v) is 12.5. The third kappa shape index (κ3) is 5.86. The number of aryl methyl sites for hydroxylation is 1. The maximum Gasteiger partial charge on any atom is 0.262 e. The number of hydrogen-bond donors (Lipinski definition) is 1. The Kier molecular flexibility index (Phi) is 7.67. The van der Waals surface area contributed by atoms with Crippen molar-refractivity contribution in [3.8, 4) is 0 Å². The van der Waals surface area contributed by atoms with Gasteiger partial charge in [0.15, 0.2) is 5.17 Å². The van der Waals surface area contributed by atoms with Gasteiger partial charge in [0, 0.05) is 44.4 Å². The fourth-order valence-electron chi connectivity index (χ4n) is 4.18. The van der Waals surface area contributed by atoms with Gasteiger partial charge in [-0.05, 0) is 55.5 Å². The van der Waals surface area contributed by atoms with Crippen LogP contribution in [0.3, 0.4) is 0 Å². The molecular formula is C26H30N4O3S. The van der Waals surface area contributed by atoms with E-state index in [2.05, 4.69) is 15.2 Å². The molecule has 0 aliphatic carbocycles. The number of rotatable bonds is 6. The molecule has 0 radical (unpaired) electrons. The molecule has 8 heteroatoms. The second-order valence-corrected chi connectivity index (χ2v) is 9.98. The Morgan fingerprint density at radius 1 is 1.12 bits per heavy atom. The van der Waals surface area contributed by atoms with Gasteiger partial charge < -0.3 is 15.1 Å². The van der Waals surface area contributed by atoms with Crippen LogP contribution in [-0.4, -0.2) is 58.1 Å². The maximum atomic E-state index is 13.0. The van der Waals surface area contributed by atoms with Gasteiger partial charge >= 0.3 is 0 Å². The number of aliphatic imine (C=N–C) groups is 1. The Morgan fingerprint density at radius 2 is 1.88 bits per heavy atom. The number of amides is 3. The molecule has 1 saturated heterocycles. The first kappa shape index (κ1) is 24.0. The van der Waals surface area contributed by atoms with Gasteiger partial charge in [-0.3, -0.25) is 14.4 Å². The average molecular weight is 479 g/mol. The minimum atomic E-state index is -0.498. The average Bonchev–Trinajstić information content (AvgIpc) is 3.20. The molecule has 2 aliphatic heterocycles. The van der Waals surface area contributed by atoms with Crippen molar-refractivity contribution in [3.63, 3.8) is 0 Å². The first-order chi connectivity index (χ1) is 16.4. The quantitative estimate of drug-likeness (QED) is 0.677. The van der Waals surface area contributed by atoms with Crippen LogP contribution in [0, 0.1) is 6.92 Å². The minimum Gasteiger partial charge on any atom is -0.351 e. The Morgan fingerprint density at radius 3 is 2.65 bits per heavy atom. The highest BCUT2D eigenvalue weighted by Crippen LogP contribution is 2.29. The van der Waals surface area contributed by atoms with Gasteiger partial charge in [-0.1, -0.05) is 42.1 Å². The molecule has 1 N–H and O–H groups in total. The molecule has 4 rings (SSSR count). The van der Waals surface area contributed by atoms with E-state index in [1.165, 1.54) is 18.2 Å². The van der Waals surface area contributed by atoms with Crippen LogP contribution in [0.25, 0.3) is 0 Å². The summed E-state index contributed by atoms with van der Waals surface area (Å²) < 4.78 is 0. The highest BCUT2D eigenvalue weighted by Gasteiger charge is 2.33. The lowest BCUT2D eigenvalue weighted by Crippen LogP contribution is -2.33. The number of thioether (sulfide) groups is 1. The van der Waals surface area contributed by atoms with Crippen LogP contribution in [0.2, 0.25) is 0 Å². The monoisotopic (exact) mass is 478 g/mol. The zero-order chi connectivity index (χ0) is 24.1. The van der Waals surface area contributed by atoms with Crippen molar-refractivity contribution in [2.45, 2.75) is 44.4 Å². The first-order valence-electron chi connectivity index (χ1n) is 11.6. The molecule has 2 heterocycles. The van der Waals surface area contributed by atoms with E-state index in [1.807, 2.05) is 31.2 Å². The number of carbonyl (C=O) groups excluding carboxylic acids is 3. The SMILES string of the molecule is Cc1ccccc1CN(C)C(=O)c1cccc(NC(=O)CC2SC(N3CCCCC3)=NC2=O)c1. The number of nitrogens with zero attached hydrogens (tertiary/aromatic N) is 3. The molecule has 1 unspecified atom stereocenters. The summed E-state index contributed by atoms with van der Waals surface area (Å²) in [5.41, 5.74) is 3.26. The molecule has 34 heavy (non-hydrogen) atoms. The number of piperidine rings is 1. The molecule has 0 saturated carbocycles. The molecule has 0 aromatic heterocycles. The zero-order valence-corrected chi connectivity index (χ0v) is 20.4. The Bertz CT molecular complexity index is 1110. The predicted molar refractivity (Wildman–Crippen MR) is 136 cm³/mol. The molecule has 1 fully saturated rings. The summed E-state index contributed by atoms with van der Waals surface area (Å²) in [6.45, 7) is 4.36. The fraction of sp³-hybridized carbons (Fsp3) is 0.385. The van der Waals surface area contributed by atoms with Crippen LogP contribution < -0.4 is 5.32 Å². The highest BCUT2D eigenvalue weighted by molar-refractivity contribution is 8.15. The maximum absolute atomic E-state index is 13.0. The second kappa shape index (κ2) is 10.9. The van der Waals surface area contributed by atoms with Crippen molar-refractivity contribution in [2.75, 3.05) is 25.5 Å². The molecule has 2 aliphatic rings. The number of hydrogen-bond acceptors (Lipinski definition) is 5. The summed E-state index contributed by atoms with van der Waals surface area (Å²) in [7, 11) is 1.77. The molecule has 2 aromatic rings. The van der Waals surface area contributed by atoms with Gasteiger partial charge in [0.25, 0.3) is 11.8 Å². The van der Waals surface area contributed by atoms with E-state index >= 15 is 0 Å². The van der Waals surface area contributed by atoms with Crippen molar-refractivity contribution in [1.82, 2.24) is 9.80 Å². The van der Waals surface area contributed by atoms with Crippen molar-refractivity contribution in [3.05, 3.63) is 65.2 Å². The summed E-state index contributed by atoms with van der Waals surface area (Å²) in [6, 6.07) is 14.9. The topological polar surface area (TPSA) is 82.1 Å². The molecular weight excluding hydrogens is 448 g/mol. The normalized spacial score (nSPS) is 17.9. The van der Waals surface area contributed by atoms with Gasteiger partial charge in [-0.15, -0.1) is 0 Å². The summed E-state index contributed by atoms with van der Waals surface area (Å²) in [5, 5.41) is 3.08. The minimum absolute atomic E-state index is 0.0513. The fourth-order valence-corrected chi connectivity index (χ4v) is 5.29. The zero-order valence-electron chi connectivity index (χ0n) is 19.6. The van der Waals surface area contributed by atoms with Crippen LogP contribution in [0.4, 0.5) is 5.69 Å². The summed E-state index contributed by atoms with van der Waals surface area (Å²) >= 11 is 1.38. The third-order valence-corrected chi connectivity index (χ3v) is 7.35. The van der Waals surface area contributed by atoms with Crippen LogP contribution in [0.15, 0.2) is 53.5 Å². The summed E-state index contributed by atoms with van der Waals surface area (Å²) in [4.78, 5) is 45.9. The number of amidine groups is 1. The molecule has 178 valence electrons. The Labute approximate surface area is 204 Å². The van der Waals surface area contributed by atoms with E-state index in [1.54, 1.807) is 36.2 Å². The lowest BCUT2D eigenvalue weighted by atomic mass is 10.1. The molecule has 3 amide bonds. The lowest BCUT2D eigenvalue weighted by molar-refractivity contribution is -0.121. The third-order valence-electron chi connectivity index (χ3n) is 6.14. The molecule has 7 nitrogen and oxygen atoms in total. The molecule has 0 bridgehead atoms. The Hall–Kier alpha value is -3.13. The van der Waals surface area contributed by atoms with Crippen molar-refractivity contribution in [2.24, 2.45) is 4.99 Å². The lowest BCUT2D eigenvalue weighted by Gasteiger charge is -2.27. The van der Waals surface area contributed by atoms with Crippen LogP contribution in [0.5, 0.6) is 0 Å². The van der Waals surface area contributed by atoms with Gasteiger partial charge in [-0.25, -0.2) is 0 Å². The molecule has 0 spiro atoms. The van der Waals surface area contributed by atoms with Crippen molar-refractivity contribution in [1.29, 1.82) is 0 Å². The van der Waals surface area contributed by atoms with E-state index in [-0.39, 0.29) is 24.1 Å². The number of benzene rings is 2. The standard InChI is InChI=1S/C26H30N4O3S/c1-18-9-4-5-10-20(18)17-29(2)25(33)19-11-8-12-21(15-19)27-23(31)16-22-24(32)28-26(34-22)30-13-6-3-7-14-30/h4-5,8-12,15,22H,3,6-7,13-14,16-17H2,1-2H3,(H,27,31). The largest absolute Gasteiger partial charge is 0.351 e. The van der Waals surface area contributed by atoms with E-state index in [0.717, 1.165) is 42.2 Å². The van der Waals surface area contributed by atoms with E-state index in [4.69, 9.17) is 0 Å². The van der Waals surface area contributed by atoms with E-state index < -0.39 is 5.25 Å². The molecule has 2 aromatic carbocycles. The molecule has 1 atom stereocenters. The van der Waals surface area contributed by atoms with Gasteiger partial charge in [0.1, 0.15) is 5.25 Å².